The second kappa shape index (κ2) is 8.25. The van der Waals surface area contributed by atoms with Gasteiger partial charge in [-0.2, -0.15) is 0 Å². The Labute approximate surface area is 111 Å². The molecule has 0 atom stereocenters. The van der Waals surface area contributed by atoms with E-state index >= 15 is 0 Å². The number of aryl methyl sites for hydroxylation is 1. The SMILES string of the molecule is CCNCCNC(=O)CCc1ccc(Br)cc1. The van der Waals surface area contributed by atoms with Gasteiger partial charge in [-0.05, 0) is 30.7 Å². The first-order valence-electron chi connectivity index (χ1n) is 5.94. The number of nitrogens with one attached hydrogen (secondary N) is 2. The van der Waals surface area contributed by atoms with Gasteiger partial charge in [0.2, 0.25) is 5.91 Å². The lowest BCUT2D eigenvalue weighted by molar-refractivity contribution is -0.121. The second-order valence-corrected chi connectivity index (χ2v) is 4.75. The highest BCUT2D eigenvalue weighted by atomic mass is 79.9. The van der Waals surface area contributed by atoms with Crippen molar-refractivity contribution in [2.45, 2.75) is 19.8 Å². The van der Waals surface area contributed by atoms with Gasteiger partial charge in [-0.15, -0.1) is 0 Å². The lowest BCUT2D eigenvalue weighted by atomic mass is 10.1. The molecule has 94 valence electrons. The minimum Gasteiger partial charge on any atom is -0.355 e. The van der Waals surface area contributed by atoms with Crippen LogP contribution in [0.25, 0.3) is 0 Å². The van der Waals surface area contributed by atoms with Gasteiger partial charge in [0.1, 0.15) is 0 Å². The van der Waals surface area contributed by atoms with E-state index in [9.17, 15) is 4.79 Å². The van der Waals surface area contributed by atoms with Crippen molar-refractivity contribution in [3.05, 3.63) is 34.3 Å². The molecule has 0 aliphatic rings. The molecule has 17 heavy (non-hydrogen) atoms. The molecule has 1 rings (SSSR count). The smallest absolute Gasteiger partial charge is 0.220 e. The Hall–Kier alpha value is -0.870. The maximum absolute atomic E-state index is 11.5. The molecule has 0 spiro atoms. The first-order valence-corrected chi connectivity index (χ1v) is 6.73. The molecule has 0 fully saturated rings. The molecule has 0 heterocycles. The quantitative estimate of drug-likeness (QED) is 0.757. The van der Waals surface area contributed by atoms with E-state index in [-0.39, 0.29) is 5.91 Å². The average molecular weight is 299 g/mol. The summed E-state index contributed by atoms with van der Waals surface area (Å²) in [5.41, 5.74) is 1.19. The molecule has 0 aliphatic carbocycles. The molecule has 3 nitrogen and oxygen atoms in total. The van der Waals surface area contributed by atoms with E-state index in [1.165, 1.54) is 5.56 Å². The van der Waals surface area contributed by atoms with Gasteiger partial charge in [0.25, 0.3) is 0 Å². The summed E-state index contributed by atoms with van der Waals surface area (Å²) in [6.45, 7) is 4.53. The highest BCUT2D eigenvalue weighted by molar-refractivity contribution is 9.10. The van der Waals surface area contributed by atoms with Crippen LogP contribution in [0.4, 0.5) is 0 Å². The van der Waals surface area contributed by atoms with Crippen molar-refractivity contribution in [3.63, 3.8) is 0 Å². The first kappa shape index (κ1) is 14.2. The summed E-state index contributed by atoms with van der Waals surface area (Å²) in [6.07, 6.45) is 1.34. The predicted molar refractivity (Wildman–Crippen MR) is 74.0 cm³/mol. The number of carbonyl (C=O) groups excluding carboxylic acids is 1. The molecule has 4 heteroatoms. The molecular formula is C13H19BrN2O. The van der Waals surface area contributed by atoms with Crippen molar-refractivity contribution in [2.75, 3.05) is 19.6 Å². The monoisotopic (exact) mass is 298 g/mol. The number of rotatable bonds is 7. The van der Waals surface area contributed by atoms with Gasteiger partial charge >= 0.3 is 0 Å². The van der Waals surface area contributed by atoms with Crippen LogP contribution in [0.2, 0.25) is 0 Å². The number of hydrogen-bond acceptors (Lipinski definition) is 2. The van der Waals surface area contributed by atoms with Crippen molar-refractivity contribution in [3.8, 4) is 0 Å². The normalized spacial score (nSPS) is 10.2. The minimum atomic E-state index is 0.117. The standard InChI is InChI=1S/C13H19BrN2O/c1-2-15-9-10-16-13(17)8-5-11-3-6-12(14)7-4-11/h3-4,6-7,15H,2,5,8-10H2,1H3,(H,16,17). The third-order valence-corrected chi connectivity index (χ3v) is 2.96. The van der Waals surface area contributed by atoms with Crippen LogP contribution >= 0.6 is 15.9 Å². The third-order valence-electron chi connectivity index (χ3n) is 2.43. The number of carbonyl (C=O) groups is 1. The van der Waals surface area contributed by atoms with Gasteiger partial charge in [-0.25, -0.2) is 0 Å². The maximum Gasteiger partial charge on any atom is 0.220 e. The fraction of sp³-hybridized carbons (Fsp3) is 0.462. The van der Waals surface area contributed by atoms with Crippen LogP contribution in [-0.2, 0) is 11.2 Å². The number of hydrogen-bond donors (Lipinski definition) is 2. The third kappa shape index (κ3) is 6.44. The largest absolute Gasteiger partial charge is 0.355 e. The van der Waals surface area contributed by atoms with Crippen molar-refractivity contribution >= 4 is 21.8 Å². The van der Waals surface area contributed by atoms with E-state index < -0.39 is 0 Å². The van der Waals surface area contributed by atoms with Gasteiger partial charge in [-0.1, -0.05) is 35.0 Å². The predicted octanol–water partition coefficient (Wildman–Crippen LogP) is 2.11. The number of benzene rings is 1. The van der Waals surface area contributed by atoms with E-state index in [0.29, 0.717) is 13.0 Å². The topological polar surface area (TPSA) is 41.1 Å². The first-order chi connectivity index (χ1) is 8.22. The summed E-state index contributed by atoms with van der Waals surface area (Å²) in [5, 5.41) is 6.05. The van der Waals surface area contributed by atoms with Crippen LogP contribution in [0, 0.1) is 0 Å². The molecule has 1 amide bonds. The zero-order valence-corrected chi connectivity index (χ0v) is 11.7. The summed E-state index contributed by atoms with van der Waals surface area (Å²) in [4.78, 5) is 11.5. The highest BCUT2D eigenvalue weighted by Crippen LogP contribution is 2.11. The van der Waals surface area contributed by atoms with Crippen LogP contribution in [0.3, 0.4) is 0 Å². The van der Waals surface area contributed by atoms with E-state index in [1.807, 2.05) is 24.3 Å². The van der Waals surface area contributed by atoms with Crippen LogP contribution < -0.4 is 10.6 Å². The molecule has 2 N–H and O–H groups in total. The van der Waals surface area contributed by atoms with Crippen LogP contribution in [0.15, 0.2) is 28.7 Å². The van der Waals surface area contributed by atoms with E-state index in [0.717, 1.165) is 24.0 Å². The van der Waals surface area contributed by atoms with Crippen molar-refractivity contribution in [2.24, 2.45) is 0 Å². The van der Waals surface area contributed by atoms with E-state index in [1.54, 1.807) is 0 Å². The number of amides is 1. The van der Waals surface area contributed by atoms with Gasteiger partial charge in [0, 0.05) is 24.0 Å². The molecule has 0 saturated carbocycles. The zero-order valence-electron chi connectivity index (χ0n) is 10.1. The second-order valence-electron chi connectivity index (χ2n) is 3.83. The molecule has 1 aromatic rings. The number of likely N-dealkylation sites (N-methyl/N-ethyl adjacent to an activating group) is 1. The Morgan fingerprint density at radius 2 is 1.94 bits per heavy atom. The van der Waals surface area contributed by atoms with Gasteiger partial charge in [-0.3, -0.25) is 4.79 Å². The molecule has 0 radical (unpaired) electrons. The molecular weight excluding hydrogens is 280 g/mol. The lowest BCUT2D eigenvalue weighted by Crippen LogP contribution is -2.31. The Balaban J connectivity index is 2.17. The maximum atomic E-state index is 11.5. The van der Waals surface area contributed by atoms with Crippen molar-refractivity contribution in [1.82, 2.24) is 10.6 Å². The molecule has 1 aromatic carbocycles. The summed E-state index contributed by atoms with van der Waals surface area (Å²) < 4.78 is 1.07. The molecule has 0 aliphatic heterocycles. The summed E-state index contributed by atoms with van der Waals surface area (Å²) in [6, 6.07) is 8.07. The highest BCUT2D eigenvalue weighted by Gasteiger charge is 2.01. The Kier molecular flexibility index (Phi) is 6.89. The Morgan fingerprint density at radius 1 is 1.24 bits per heavy atom. The summed E-state index contributed by atoms with van der Waals surface area (Å²) in [7, 11) is 0. The average Bonchev–Trinajstić information content (AvgIpc) is 2.34. The van der Waals surface area contributed by atoms with Crippen molar-refractivity contribution < 1.29 is 4.79 Å². The van der Waals surface area contributed by atoms with Crippen molar-refractivity contribution in [1.29, 1.82) is 0 Å². The number of halogens is 1. The van der Waals surface area contributed by atoms with E-state index in [2.05, 4.69) is 33.5 Å². The molecule has 0 bridgehead atoms. The Bertz CT molecular complexity index is 338. The van der Waals surface area contributed by atoms with Gasteiger partial charge in [0.05, 0.1) is 0 Å². The van der Waals surface area contributed by atoms with Crippen LogP contribution in [0.1, 0.15) is 18.9 Å². The molecule has 0 unspecified atom stereocenters. The Morgan fingerprint density at radius 3 is 2.59 bits per heavy atom. The minimum absolute atomic E-state index is 0.117. The van der Waals surface area contributed by atoms with E-state index in [4.69, 9.17) is 0 Å². The lowest BCUT2D eigenvalue weighted by Gasteiger charge is -2.05. The van der Waals surface area contributed by atoms with Crippen LogP contribution in [-0.4, -0.2) is 25.5 Å². The zero-order chi connectivity index (χ0) is 12.5. The van der Waals surface area contributed by atoms with Gasteiger partial charge in [0.15, 0.2) is 0 Å². The van der Waals surface area contributed by atoms with Crippen LogP contribution in [0.5, 0.6) is 0 Å². The fourth-order valence-corrected chi connectivity index (χ4v) is 1.73. The summed E-state index contributed by atoms with van der Waals surface area (Å²) >= 11 is 3.39. The fourth-order valence-electron chi connectivity index (χ4n) is 1.46. The molecule has 0 saturated heterocycles. The summed E-state index contributed by atoms with van der Waals surface area (Å²) in [5.74, 6) is 0.117. The van der Waals surface area contributed by atoms with Gasteiger partial charge < -0.3 is 10.6 Å². The molecule has 0 aromatic heterocycles.